The fourth-order valence-corrected chi connectivity index (χ4v) is 1.30. The third-order valence-electron chi connectivity index (χ3n) is 2.41. The summed E-state index contributed by atoms with van der Waals surface area (Å²) in [6, 6.07) is 0.296. The Morgan fingerprint density at radius 2 is 2.36 bits per heavy atom. The van der Waals surface area contributed by atoms with Gasteiger partial charge in [-0.05, 0) is 0 Å². The molecule has 1 fully saturated rings. The Morgan fingerprint density at radius 3 is 2.86 bits per heavy atom. The van der Waals surface area contributed by atoms with Gasteiger partial charge in [0.15, 0.2) is 0 Å². The summed E-state index contributed by atoms with van der Waals surface area (Å²) in [5.74, 6) is -0.0652. The molecule has 0 unspecified atom stereocenters. The fraction of sp³-hybridized carbons (Fsp3) is 0.444. The predicted octanol–water partition coefficient (Wildman–Crippen LogP) is -0.480. The first kappa shape index (κ1) is 9.08. The molecule has 14 heavy (non-hydrogen) atoms. The van der Waals surface area contributed by atoms with Crippen molar-refractivity contribution in [3.63, 3.8) is 0 Å². The van der Waals surface area contributed by atoms with Crippen LogP contribution in [0.25, 0.3) is 0 Å². The third kappa shape index (κ3) is 1.58. The number of likely N-dealkylation sites (N-methyl/N-ethyl adjacent to an activating group) is 1. The molecule has 0 bridgehead atoms. The maximum atomic E-state index is 11.8. The standard InChI is InChI=1S/C9H12N4O/c1-13(7-4-11-5-7)9(14)8-6-10-2-3-12-8/h2-3,6-7,11H,4-5H2,1H3. The van der Waals surface area contributed by atoms with Crippen molar-refractivity contribution >= 4 is 5.91 Å². The van der Waals surface area contributed by atoms with Crippen LogP contribution in [-0.4, -0.2) is 47.0 Å². The van der Waals surface area contributed by atoms with E-state index in [0.29, 0.717) is 11.7 Å². The summed E-state index contributed by atoms with van der Waals surface area (Å²) in [5, 5.41) is 3.12. The van der Waals surface area contributed by atoms with Gasteiger partial charge in [0.2, 0.25) is 0 Å². The molecule has 5 nitrogen and oxygen atoms in total. The molecule has 1 aromatic rings. The average Bonchev–Trinajstić information content (AvgIpc) is 2.15. The van der Waals surface area contributed by atoms with Crippen LogP contribution in [-0.2, 0) is 0 Å². The zero-order valence-electron chi connectivity index (χ0n) is 7.97. The second-order valence-electron chi connectivity index (χ2n) is 3.32. The van der Waals surface area contributed by atoms with E-state index in [1.54, 1.807) is 18.1 Å². The number of nitrogens with one attached hydrogen (secondary N) is 1. The molecule has 1 aromatic heterocycles. The average molecular weight is 192 g/mol. The lowest BCUT2D eigenvalue weighted by molar-refractivity contribution is 0.0674. The van der Waals surface area contributed by atoms with Crippen LogP contribution in [0.3, 0.4) is 0 Å². The second kappa shape index (κ2) is 3.71. The van der Waals surface area contributed by atoms with Gasteiger partial charge in [-0.3, -0.25) is 9.78 Å². The van der Waals surface area contributed by atoms with Gasteiger partial charge in [-0.25, -0.2) is 4.98 Å². The first-order chi connectivity index (χ1) is 6.79. The van der Waals surface area contributed by atoms with E-state index >= 15 is 0 Å². The Morgan fingerprint density at radius 1 is 1.57 bits per heavy atom. The van der Waals surface area contributed by atoms with E-state index in [-0.39, 0.29) is 5.91 Å². The zero-order chi connectivity index (χ0) is 9.97. The van der Waals surface area contributed by atoms with Gasteiger partial charge in [-0.2, -0.15) is 0 Å². The van der Waals surface area contributed by atoms with E-state index < -0.39 is 0 Å². The number of nitrogens with zero attached hydrogens (tertiary/aromatic N) is 3. The van der Waals surface area contributed by atoms with E-state index in [1.165, 1.54) is 12.4 Å². The summed E-state index contributed by atoms with van der Waals surface area (Å²) in [5.41, 5.74) is 0.405. The molecular weight excluding hydrogens is 180 g/mol. The lowest BCUT2D eigenvalue weighted by atomic mass is 10.1. The van der Waals surface area contributed by atoms with Crippen molar-refractivity contribution < 1.29 is 4.79 Å². The molecule has 2 heterocycles. The van der Waals surface area contributed by atoms with Crippen LogP contribution in [0, 0.1) is 0 Å². The first-order valence-electron chi connectivity index (χ1n) is 4.53. The Kier molecular flexibility index (Phi) is 2.41. The molecule has 0 spiro atoms. The Bertz CT molecular complexity index is 323. The minimum Gasteiger partial charge on any atom is -0.335 e. The monoisotopic (exact) mass is 192 g/mol. The normalized spacial score (nSPS) is 16.1. The lowest BCUT2D eigenvalue weighted by Crippen LogP contribution is -2.57. The van der Waals surface area contributed by atoms with Crippen LogP contribution in [0.5, 0.6) is 0 Å². The predicted molar refractivity (Wildman–Crippen MR) is 50.8 cm³/mol. The van der Waals surface area contributed by atoms with Gasteiger partial charge in [0, 0.05) is 32.5 Å². The van der Waals surface area contributed by atoms with Gasteiger partial charge in [-0.1, -0.05) is 0 Å². The van der Waals surface area contributed by atoms with Gasteiger partial charge < -0.3 is 10.2 Å². The molecule has 0 radical (unpaired) electrons. The number of carbonyl (C=O) groups is 1. The molecule has 0 aromatic carbocycles. The number of aromatic nitrogens is 2. The Balaban J connectivity index is 2.07. The summed E-state index contributed by atoms with van der Waals surface area (Å²) in [7, 11) is 1.79. The highest BCUT2D eigenvalue weighted by Crippen LogP contribution is 2.06. The minimum atomic E-state index is -0.0652. The molecule has 0 aliphatic carbocycles. The number of amides is 1. The van der Waals surface area contributed by atoms with Gasteiger partial charge in [0.25, 0.3) is 5.91 Å². The lowest BCUT2D eigenvalue weighted by Gasteiger charge is -2.35. The number of rotatable bonds is 2. The largest absolute Gasteiger partial charge is 0.335 e. The molecule has 1 aliphatic heterocycles. The third-order valence-corrected chi connectivity index (χ3v) is 2.41. The molecule has 2 rings (SSSR count). The van der Waals surface area contributed by atoms with Gasteiger partial charge in [0.1, 0.15) is 5.69 Å². The summed E-state index contributed by atoms with van der Waals surface area (Å²) < 4.78 is 0. The molecular formula is C9H12N4O. The first-order valence-corrected chi connectivity index (χ1v) is 4.53. The van der Waals surface area contributed by atoms with Crippen LogP contribution >= 0.6 is 0 Å². The van der Waals surface area contributed by atoms with Crippen molar-refractivity contribution in [3.05, 3.63) is 24.3 Å². The van der Waals surface area contributed by atoms with Crippen molar-refractivity contribution in [2.45, 2.75) is 6.04 Å². The van der Waals surface area contributed by atoms with Crippen LogP contribution in [0.1, 0.15) is 10.5 Å². The Hall–Kier alpha value is -1.49. The molecule has 1 saturated heterocycles. The second-order valence-corrected chi connectivity index (χ2v) is 3.32. The minimum absolute atomic E-state index is 0.0652. The zero-order valence-corrected chi connectivity index (χ0v) is 7.97. The number of hydrogen-bond donors (Lipinski definition) is 1. The molecule has 1 amide bonds. The molecule has 0 saturated carbocycles. The molecule has 1 aliphatic rings. The van der Waals surface area contributed by atoms with Crippen molar-refractivity contribution in [2.24, 2.45) is 0 Å². The summed E-state index contributed by atoms with van der Waals surface area (Å²) in [6.45, 7) is 1.73. The van der Waals surface area contributed by atoms with Crippen molar-refractivity contribution in [2.75, 3.05) is 20.1 Å². The van der Waals surface area contributed by atoms with E-state index in [1.807, 2.05) is 0 Å². The number of carbonyl (C=O) groups excluding carboxylic acids is 1. The van der Waals surface area contributed by atoms with Crippen LogP contribution in [0.2, 0.25) is 0 Å². The highest BCUT2D eigenvalue weighted by molar-refractivity contribution is 5.92. The summed E-state index contributed by atoms with van der Waals surface area (Å²) >= 11 is 0. The highest BCUT2D eigenvalue weighted by atomic mass is 16.2. The van der Waals surface area contributed by atoms with Crippen LogP contribution in [0.4, 0.5) is 0 Å². The quantitative estimate of drug-likeness (QED) is 0.687. The van der Waals surface area contributed by atoms with Crippen molar-refractivity contribution in [1.29, 1.82) is 0 Å². The van der Waals surface area contributed by atoms with Crippen LogP contribution in [0.15, 0.2) is 18.6 Å². The molecule has 1 N–H and O–H groups in total. The topological polar surface area (TPSA) is 58.1 Å². The van der Waals surface area contributed by atoms with Crippen LogP contribution < -0.4 is 5.32 Å². The molecule has 5 heteroatoms. The summed E-state index contributed by atoms with van der Waals surface area (Å²) in [4.78, 5) is 21.3. The van der Waals surface area contributed by atoms with Gasteiger partial charge in [0.05, 0.1) is 12.2 Å². The Labute approximate surface area is 82.2 Å². The summed E-state index contributed by atoms with van der Waals surface area (Å²) in [6.07, 6.45) is 4.58. The fourth-order valence-electron chi connectivity index (χ4n) is 1.30. The van der Waals surface area contributed by atoms with E-state index in [9.17, 15) is 4.79 Å². The molecule has 0 atom stereocenters. The highest BCUT2D eigenvalue weighted by Gasteiger charge is 2.26. The SMILES string of the molecule is CN(C(=O)c1cnccn1)C1CNC1. The number of hydrogen-bond acceptors (Lipinski definition) is 4. The van der Waals surface area contributed by atoms with Gasteiger partial charge >= 0.3 is 0 Å². The van der Waals surface area contributed by atoms with Gasteiger partial charge in [-0.15, -0.1) is 0 Å². The van der Waals surface area contributed by atoms with Crippen molar-refractivity contribution in [1.82, 2.24) is 20.2 Å². The molecule has 74 valence electrons. The maximum absolute atomic E-state index is 11.8. The van der Waals surface area contributed by atoms with E-state index in [4.69, 9.17) is 0 Å². The maximum Gasteiger partial charge on any atom is 0.274 e. The van der Waals surface area contributed by atoms with Crippen molar-refractivity contribution in [3.8, 4) is 0 Å². The smallest absolute Gasteiger partial charge is 0.274 e. The van der Waals surface area contributed by atoms with E-state index in [0.717, 1.165) is 13.1 Å². The van der Waals surface area contributed by atoms with E-state index in [2.05, 4.69) is 15.3 Å².